The lowest BCUT2D eigenvalue weighted by Gasteiger charge is -2.15. The molecule has 1 amide bonds. The molecule has 1 aliphatic rings. The summed E-state index contributed by atoms with van der Waals surface area (Å²) in [6.45, 7) is 2.68. The van der Waals surface area contributed by atoms with Crippen LogP contribution in [-0.2, 0) is 11.2 Å². The van der Waals surface area contributed by atoms with E-state index in [1.54, 1.807) is 0 Å². The Morgan fingerprint density at radius 1 is 1.38 bits per heavy atom. The zero-order valence-electron chi connectivity index (χ0n) is 9.29. The molecule has 0 spiro atoms. The smallest absolute Gasteiger partial charge is 0.228 e. The Labute approximate surface area is 94.8 Å². The van der Waals surface area contributed by atoms with Crippen molar-refractivity contribution in [2.75, 3.05) is 11.9 Å². The molecule has 1 aliphatic heterocycles. The number of anilines is 1. The molecule has 0 saturated carbocycles. The van der Waals surface area contributed by atoms with Gasteiger partial charge < -0.3 is 5.32 Å². The van der Waals surface area contributed by atoms with E-state index in [-0.39, 0.29) is 5.91 Å². The summed E-state index contributed by atoms with van der Waals surface area (Å²) in [5, 5.41) is 5.77. The van der Waals surface area contributed by atoms with E-state index < -0.39 is 0 Å². The molecular formula is C12H15N3O. The van der Waals surface area contributed by atoms with E-state index in [2.05, 4.69) is 34.7 Å². The number of hydrogen-bond acceptors (Lipinski definition) is 3. The van der Waals surface area contributed by atoms with Crippen LogP contribution in [0.2, 0.25) is 0 Å². The van der Waals surface area contributed by atoms with E-state index in [9.17, 15) is 4.79 Å². The van der Waals surface area contributed by atoms with Gasteiger partial charge in [0.15, 0.2) is 0 Å². The highest BCUT2D eigenvalue weighted by atomic mass is 16.1. The third kappa shape index (κ3) is 2.59. The third-order valence-electron chi connectivity index (χ3n) is 2.49. The highest BCUT2D eigenvalue weighted by molar-refractivity contribution is 6.05. The van der Waals surface area contributed by atoms with Gasteiger partial charge in [-0.25, -0.2) is 0 Å². The van der Waals surface area contributed by atoms with Gasteiger partial charge in [0.2, 0.25) is 11.9 Å². The van der Waals surface area contributed by atoms with E-state index in [0.29, 0.717) is 18.9 Å². The second-order valence-electron chi connectivity index (χ2n) is 3.70. The van der Waals surface area contributed by atoms with Crippen LogP contribution in [0.5, 0.6) is 0 Å². The average Bonchev–Trinajstić information content (AvgIpc) is 2.30. The molecule has 1 heterocycles. The van der Waals surface area contributed by atoms with Crippen LogP contribution < -0.4 is 10.6 Å². The quantitative estimate of drug-likeness (QED) is 0.789. The van der Waals surface area contributed by atoms with Gasteiger partial charge in [0.05, 0.1) is 6.54 Å². The first-order valence-corrected chi connectivity index (χ1v) is 5.48. The van der Waals surface area contributed by atoms with E-state index in [1.165, 1.54) is 5.56 Å². The number of guanidine groups is 1. The maximum Gasteiger partial charge on any atom is 0.228 e. The Kier molecular flexibility index (Phi) is 3.19. The number of aryl methyl sites for hydroxylation is 1. The molecule has 0 saturated heterocycles. The standard InChI is InChI=1S/C12H15N3O/c1-2-9-3-5-10(6-4-9)14-12-13-8-7-11(16)15-12/h3-6H,2,7-8H2,1H3,(H2,13,14,15,16). The van der Waals surface area contributed by atoms with Crippen molar-refractivity contribution in [2.45, 2.75) is 19.8 Å². The SMILES string of the molecule is CCc1ccc(NC2=NCCC(=O)N2)cc1. The van der Waals surface area contributed by atoms with Gasteiger partial charge in [0.25, 0.3) is 0 Å². The van der Waals surface area contributed by atoms with Crippen molar-refractivity contribution in [3.8, 4) is 0 Å². The lowest BCUT2D eigenvalue weighted by molar-refractivity contribution is -0.119. The van der Waals surface area contributed by atoms with Crippen LogP contribution in [0.25, 0.3) is 0 Å². The summed E-state index contributed by atoms with van der Waals surface area (Å²) >= 11 is 0. The number of hydrogen-bond donors (Lipinski definition) is 2. The average molecular weight is 217 g/mol. The van der Waals surface area contributed by atoms with E-state index >= 15 is 0 Å². The van der Waals surface area contributed by atoms with Crippen LogP contribution in [-0.4, -0.2) is 18.4 Å². The molecule has 84 valence electrons. The summed E-state index contributed by atoms with van der Waals surface area (Å²) in [4.78, 5) is 15.3. The summed E-state index contributed by atoms with van der Waals surface area (Å²) in [5.41, 5.74) is 2.23. The number of carbonyl (C=O) groups is 1. The van der Waals surface area contributed by atoms with Crippen molar-refractivity contribution in [2.24, 2.45) is 4.99 Å². The minimum Gasteiger partial charge on any atom is -0.326 e. The van der Waals surface area contributed by atoms with Crippen molar-refractivity contribution >= 4 is 17.6 Å². The van der Waals surface area contributed by atoms with Gasteiger partial charge in [-0.2, -0.15) is 0 Å². The summed E-state index contributed by atoms with van der Waals surface area (Å²) in [7, 11) is 0. The van der Waals surface area contributed by atoms with Gasteiger partial charge in [0, 0.05) is 12.1 Å². The van der Waals surface area contributed by atoms with Gasteiger partial charge >= 0.3 is 0 Å². The number of carbonyl (C=O) groups excluding carboxylic acids is 1. The van der Waals surface area contributed by atoms with Gasteiger partial charge in [0.1, 0.15) is 0 Å². The monoisotopic (exact) mass is 217 g/mol. The van der Waals surface area contributed by atoms with Crippen molar-refractivity contribution < 1.29 is 4.79 Å². The Balaban J connectivity index is 2.03. The molecule has 1 aromatic carbocycles. The molecule has 0 aliphatic carbocycles. The summed E-state index contributed by atoms with van der Waals surface area (Å²) < 4.78 is 0. The van der Waals surface area contributed by atoms with E-state index in [0.717, 1.165) is 12.1 Å². The molecule has 2 N–H and O–H groups in total. The van der Waals surface area contributed by atoms with Crippen LogP contribution in [0.4, 0.5) is 5.69 Å². The number of amides is 1. The first-order chi connectivity index (χ1) is 7.78. The van der Waals surface area contributed by atoms with Crippen molar-refractivity contribution in [1.29, 1.82) is 0 Å². The van der Waals surface area contributed by atoms with Crippen LogP contribution >= 0.6 is 0 Å². The van der Waals surface area contributed by atoms with Crippen molar-refractivity contribution in [3.05, 3.63) is 29.8 Å². The molecule has 1 aromatic rings. The molecule has 0 bridgehead atoms. The fourth-order valence-electron chi connectivity index (χ4n) is 1.53. The van der Waals surface area contributed by atoms with Gasteiger partial charge in [-0.05, 0) is 24.1 Å². The molecule has 0 unspecified atom stereocenters. The van der Waals surface area contributed by atoms with E-state index in [1.807, 2.05) is 12.1 Å². The topological polar surface area (TPSA) is 53.5 Å². The first kappa shape index (κ1) is 10.7. The Morgan fingerprint density at radius 3 is 2.75 bits per heavy atom. The number of nitrogens with zero attached hydrogens (tertiary/aromatic N) is 1. The number of aliphatic imine (C=N–C) groups is 1. The molecule has 0 radical (unpaired) electrons. The van der Waals surface area contributed by atoms with Crippen LogP contribution in [0, 0.1) is 0 Å². The molecule has 0 atom stereocenters. The molecule has 4 nitrogen and oxygen atoms in total. The minimum absolute atomic E-state index is 0.0164. The molecule has 4 heteroatoms. The van der Waals surface area contributed by atoms with Crippen molar-refractivity contribution in [3.63, 3.8) is 0 Å². The molecule has 2 rings (SSSR count). The van der Waals surface area contributed by atoms with E-state index in [4.69, 9.17) is 0 Å². The second kappa shape index (κ2) is 4.79. The van der Waals surface area contributed by atoms with Crippen LogP contribution in [0.3, 0.4) is 0 Å². The minimum atomic E-state index is 0.0164. The van der Waals surface area contributed by atoms with Gasteiger partial charge in [-0.15, -0.1) is 0 Å². The first-order valence-electron chi connectivity index (χ1n) is 5.48. The molecule has 16 heavy (non-hydrogen) atoms. The number of benzene rings is 1. The fraction of sp³-hybridized carbons (Fsp3) is 0.333. The Bertz CT molecular complexity index is 409. The lowest BCUT2D eigenvalue weighted by Crippen LogP contribution is -2.39. The summed E-state index contributed by atoms with van der Waals surface area (Å²) in [6.07, 6.45) is 1.50. The zero-order valence-corrected chi connectivity index (χ0v) is 9.29. The Hall–Kier alpha value is -1.84. The maximum absolute atomic E-state index is 11.1. The number of rotatable bonds is 2. The predicted molar refractivity (Wildman–Crippen MR) is 64.5 cm³/mol. The van der Waals surface area contributed by atoms with Gasteiger partial charge in [-0.3, -0.25) is 15.1 Å². The summed E-state index contributed by atoms with van der Waals surface area (Å²) in [5.74, 6) is 0.558. The van der Waals surface area contributed by atoms with Gasteiger partial charge in [-0.1, -0.05) is 19.1 Å². The fourth-order valence-corrected chi connectivity index (χ4v) is 1.53. The lowest BCUT2D eigenvalue weighted by atomic mass is 10.1. The summed E-state index contributed by atoms with van der Waals surface area (Å²) in [6, 6.07) is 8.10. The largest absolute Gasteiger partial charge is 0.326 e. The molecule has 0 fully saturated rings. The third-order valence-corrected chi connectivity index (χ3v) is 2.49. The van der Waals surface area contributed by atoms with Crippen LogP contribution in [0.1, 0.15) is 18.9 Å². The molecular weight excluding hydrogens is 202 g/mol. The molecule has 0 aromatic heterocycles. The Morgan fingerprint density at radius 2 is 2.12 bits per heavy atom. The second-order valence-corrected chi connectivity index (χ2v) is 3.70. The van der Waals surface area contributed by atoms with Crippen LogP contribution in [0.15, 0.2) is 29.3 Å². The zero-order chi connectivity index (χ0) is 11.4. The maximum atomic E-state index is 11.1. The van der Waals surface area contributed by atoms with Crippen molar-refractivity contribution in [1.82, 2.24) is 5.32 Å². The highest BCUT2D eigenvalue weighted by Gasteiger charge is 2.10. The predicted octanol–water partition coefficient (Wildman–Crippen LogP) is 1.54. The highest BCUT2D eigenvalue weighted by Crippen LogP contribution is 2.10. The normalized spacial score (nSPS) is 15.3. The number of nitrogens with one attached hydrogen (secondary N) is 2.